The molecule has 0 aromatic rings. The monoisotopic (exact) mass is 197 g/mol. The Kier molecular flexibility index (Phi) is 4.39. The van der Waals surface area contributed by atoms with Gasteiger partial charge in [0.1, 0.15) is 0 Å². The van der Waals surface area contributed by atoms with E-state index >= 15 is 0 Å². The van der Waals surface area contributed by atoms with Crippen molar-refractivity contribution in [1.82, 2.24) is 5.09 Å². The van der Waals surface area contributed by atoms with Gasteiger partial charge in [-0.3, -0.25) is 14.2 Å². The number of hydrogen-bond donors (Lipinski definition) is 2. The molecule has 0 radical (unpaired) electrons. The van der Waals surface area contributed by atoms with E-state index in [1.165, 1.54) is 18.7 Å². The summed E-state index contributed by atoms with van der Waals surface area (Å²) in [7, 11) is -0.291. The first-order chi connectivity index (χ1) is 4.81. The predicted molar refractivity (Wildman–Crippen MR) is 64.4 cm³/mol. The topological polar surface area (TPSA) is 12.0 Å². The molecule has 0 rings (SSSR count). The van der Waals surface area contributed by atoms with Crippen LogP contribution in [0.5, 0.6) is 0 Å². The van der Waals surface area contributed by atoms with Gasteiger partial charge >= 0.3 is 0 Å². The summed E-state index contributed by atoms with van der Waals surface area (Å²) < 4.78 is 0. The Balaban J connectivity index is 3.40. The summed E-state index contributed by atoms with van der Waals surface area (Å²) in [5.74, 6) is 1.42. The van der Waals surface area contributed by atoms with E-state index in [9.17, 15) is 0 Å². The van der Waals surface area contributed by atoms with Gasteiger partial charge in [-0.2, -0.15) is 0 Å². The lowest BCUT2D eigenvalue weighted by Crippen LogP contribution is -2.18. The van der Waals surface area contributed by atoms with Crippen LogP contribution in [0.25, 0.3) is 0 Å². The summed E-state index contributed by atoms with van der Waals surface area (Å²) in [6.07, 6.45) is 11.1. The third-order valence-electron chi connectivity index (χ3n) is 1.53. The quantitative estimate of drug-likeness (QED) is 0.389. The van der Waals surface area contributed by atoms with Crippen molar-refractivity contribution < 1.29 is 0 Å². The molecule has 3 heteroatoms. The predicted octanol–water partition coefficient (Wildman–Crippen LogP) is 1.78. The Bertz CT molecular complexity index is 108. The van der Waals surface area contributed by atoms with Gasteiger partial charge in [0, 0.05) is 0 Å². The maximum atomic E-state index is 3.39. The molecule has 0 aliphatic carbocycles. The molecule has 0 saturated heterocycles. The van der Waals surface area contributed by atoms with Crippen molar-refractivity contribution in [2.45, 2.75) is 6.42 Å². The van der Waals surface area contributed by atoms with Crippen LogP contribution in [0, 0.1) is 0 Å². The third kappa shape index (κ3) is 10.7. The average molecular weight is 197 g/mol. The minimum absolute atomic E-state index is 0.905. The first-order valence-electron chi connectivity index (χ1n) is 4.21. The van der Waals surface area contributed by atoms with Crippen LogP contribution in [0.15, 0.2) is 0 Å². The maximum absolute atomic E-state index is 3.39. The molecule has 0 heterocycles. The molecule has 0 fully saturated rings. The first kappa shape index (κ1) is 11.7. The molecule has 1 N–H and O–H groups in total. The fourth-order valence-corrected chi connectivity index (χ4v) is 2.77. The summed E-state index contributed by atoms with van der Waals surface area (Å²) in [5.41, 5.74) is 0. The molecular weight excluding hydrogens is 173 g/mol. The molecule has 1 unspecified atom stereocenters. The molecule has 0 aromatic carbocycles. The third-order valence-corrected chi connectivity index (χ3v) is 4.24. The highest BCUT2D eigenvalue weighted by atomic mass is 32.3. The molecule has 0 amide bonds. The number of rotatable bonds is 5. The molecule has 0 spiro atoms. The van der Waals surface area contributed by atoms with Gasteiger partial charge in [-0.05, 0) is 50.4 Å². The molecule has 0 saturated carbocycles. The average Bonchev–Trinajstić information content (AvgIpc) is 1.76. The fraction of sp³-hybridized carbons (Fsp3) is 1.00. The van der Waals surface area contributed by atoms with Crippen LogP contribution in [0.2, 0.25) is 0 Å². The van der Waals surface area contributed by atoms with Crippen molar-refractivity contribution in [3.8, 4) is 0 Å². The second kappa shape index (κ2) is 4.11. The number of thiol groups is 1. The smallest absolute Gasteiger partial charge is 0.000550 e. The van der Waals surface area contributed by atoms with Crippen LogP contribution in [0.3, 0.4) is 0 Å². The Morgan fingerprint density at radius 1 is 1.18 bits per heavy atom. The normalized spacial score (nSPS) is 17.0. The van der Waals surface area contributed by atoms with E-state index in [0.29, 0.717) is 0 Å². The molecule has 0 aromatic heterocycles. The molecule has 1 atom stereocenters. The van der Waals surface area contributed by atoms with Crippen LogP contribution in [0.1, 0.15) is 6.42 Å². The highest BCUT2D eigenvalue weighted by Crippen LogP contribution is 2.55. The largest absolute Gasteiger partial charge is 0.298 e. The van der Waals surface area contributed by atoms with Gasteiger partial charge < -0.3 is 0 Å². The standard InChI is InChI=1S/C8H24NPS/c1-10-9-7-6-8-11(2,3,4)5/h9-11H,6-8H2,1-5H3. The Morgan fingerprint density at radius 3 is 2.09 bits per heavy atom. The van der Waals surface area contributed by atoms with Crippen molar-refractivity contribution >= 4 is 17.9 Å². The summed E-state index contributed by atoms with van der Waals surface area (Å²) in [4.78, 5) is 0. The zero-order chi connectivity index (χ0) is 8.98. The molecule has 0 bridgehead atoms. The molecule has 0 aliphatic rings. The summed E-state index contributed by atoms with van der Waals surface area (Å²) in [6.45, 7) is 3.39. The van der Waals surface area contributed by atoms with Gasteiger partial charge in [-0.25, -0.2) is 0 Å². The second-order valence-electron chi connectivity index (χ2n) is 5.20. The van der Waals surface area contributed by atoms with Crippen LogP contribution in [-0.4, -0.2) is 44.0 Å². The van der Waals surface area contributed by atoms with Gasteiger partial charge in [0.05, 0.1) is 0 Å². The van der Waals surface area contributed by atoms with E-state index in [1.54, 1.807) is 0 Å². The van der Waals surface area contributed by atoms with Gasteiger partial charge in [0.2, 0.25) is 0 Å². The lowest BCUT2D eigenvalue weighted by molar-refractivity contribution is 0.878. The highest BCUT2D eigenvalue weighted by Gasteiger charge is 2.16. The van der Waals surface area contributed by atoms with E-state index in [-0.39, 0.29) is 0 Å². The lowest BCUT2D eigenvalue weighted by Gasteiger charge is -2.47. The van der Waals surface area contributed by atoms with Crippen LogP contribution in [-0.2, 0) is 0 Å². The molecule has 0 aliphatic heterocycles. The zero-order valence-corrected chi connectivity index (χ0v) is 10.5. The second-order valence-corrected chi connectivity index (χ2v) is 14.4. The van der Waals surface area contributed by atoms with Crippen molar-refractivity contribution in [3.63, 3.8) is 0 Å². The fourth-order valence-electron chi connectivity index (χ4n) is 0.925. The minimum atomic E-state index is -1.20. The molecule has 1 nitrogen and oxygen atoms in total. The van der Waals surface area contributed by atoms with Crippen LogP contribution < -0.4 is 5.09 Å². The first-order valence-corrected chi connectivity index (χ1v) is 9.92. The highest BCUT2D eigenvalue weighted by molar-refractivity contribution is 8.47. The van der Waals surface area contributed by atoms with Crippen molar-refractivity contribution in [1.29, 1.82) is 0 Å². The Hall–Kier alpha value is 0.740. The van der Waals surface area contributed by atoms with Crippen molar-refractivity contribution in [3.05, 3.63) is 0 Å². The van der Waals surface area contributed by atoms with E-state index in [4.69, 9.17) is 0 Å². The number of nitrogens with one attached hydrogen (secondary N) is 1. The van der Waals surface area contributed by atoms with Gasteiger partial charge in [0.15, 0.2) is 0 Å². The summed E-state index contributed by atoms with van der Waals surface area (Å²) in [6, 6.07) is 0. The van der Waals surface area contributed by atoms with Crippen molar-refractivity contribution in [2.24, 2.45) is 0 Å². The van der Waals surface area contributed by atoms with Gasteiger partial charge in [0.25, 0.3) is 0 Å². The van der Waals surface area contributed by atoms with E-state index < -0.39 is 9.16 Å². The maximum Gasteiger partial charge on any atom is -0.000550 e. The van der Waals surface area contributed by atoms with Gasteiger partial charge in [-0.1, -0.05) is 8.73 Å². The lowest BCUT2D eigenvalue weighted by atomic mass is 10.5. The van der Waals surface area contributed by atoms with Crippen LogP contribution >= 0.6 is 17.9 Å². The SMILES string of the molecule is CPNCCC[SH](C)(C)(C)C. The van der Waals surface area contributed by atoms with E-state index in [0.717, 1.165) is 8.73 Å². The molecular formula is C8H24NPS. The number of hydrogen-bond acceptors (Lipinski definition) is 1. The van der Waals surface area contributed by atoms with E-state index in [1.807, 2.05) is 0 Å². The molecule has 72 valence electrons. The van der Waals surface area contributed by atoms with E-state index in [2.05, 4.69) is 36.8 Å². The van der Waals surface area contributed by atoms with Crippen molar-refractivity contribution in [2.75, 3.05) is 44.0 Å². The Morgan fingerprint density at radius 2 is 1.73 bits per heavy atom. The van der Waals surface area contributed by atoms with Crippen LogP contribution in [0.4, 0.5) is 0 Å². The van der Waals surface area contributed by atoms with Gasteiger partial charge in [-0.15, -0.1) is 0 Å². The summed E-state index contributed by atoms with van der Waals surface area (Å²) in [5, 5.41) is 3.39. The zero-order valence-electron chi connectivity index (χ0n) is 8.57. The molecule has 11 heavy (non-hydrogen) atoms. The summed E-state index contributed by atoms with van der Waals surface area (Å²) >= 11 is 0. The minimum Gasteiger partial charge on any atom is -0.298 e. The Labute approximate surface area is 73.8 Å².